The second-order valence-corrected chi connectivity index (χ2v) is 4.85. The summed E-state index contributed by atoms with van der Waals surface area (Å²) in [6.45, 7) is 5.86. The normalized spacial score (nSPS) is 11.6. The molecule has 0 aliphatic heterocycles. The lowest BCUT2D eigenvalue weighted by Gasteiger charge is -2.27. The Morgan fingerprint density at radius 3 is 2.57 bits per heavy atom. The quantitative estimate of drug-likeness (QED) is 0.845. The zero-order chi connectivity index (χ0) is 16.0. The van der Waals surface area contributed by atoms with Gasteiger partial charge in [0, 0.05) is 18.3 Å². The summed E-state index contributed by atoms with van der Waals surface area (Å²) < 4.78 is 5.17. The van der Waals surface area contributed by atoms with E-state index in [2.05, 4.69) is 5.32 Å². The molecule has 0 saturated carbocycles. The highest BCUT2D eigenvalue weighted by Crippen LogP contribution is 2.21. The maximum atomic E-state index is 12.2. The van der Waals surface area contributed by atoms with Crippen molar-refractivity contribution in [1.82, 2.24) is 4.90 Å². The molecule has 1 aromatic rings. The second-order valence-electron chi connectivity index (χ2n) is 4.85. The van der Waals surface area contributed by atoms with E-state index in [1.165, 1.54) is 4.90 Å². The van der Waals surface area contributed by atoms with Crippen molar-refractivity contribution in [2.45, 2.75) is 33.2 Å². The minimum absolute atomic E-state index is 0.0805. The van der Waals surface area contributed by atoms with Crippen LogP contribution in [0.5, 0.6) is 5.75 Å². The largest absolute Gasteiger partial charge is 0.496 e. The smallest absolute Gasteiger partial charge is 0.322 e. The van der Waals surface area contributed by atoms with Crippen molar-refractivity contribution in [1.29, 1.82) is 0 Å². The van der Waals surface area contributed by atoms with Gasteiger partial charge in [0.1, 0.15) is 5.75 Å². The van der Waals surface area contributed by atoms with Crippen molar-refractivity contribution in [2.24, 2.45) is 0 Å². The summed E-state index contributed by atoms with van der Waals surface area (Å²) in [5.41, 5.74) is 1.57. The lowest BCUT2D eigenvalue weighted by atomic mass is 10.2. The van der Waals surface area contributed by atoms with Gasteiger partial charge in [-0.2, -0.15) is 0 Å². The van der Waals surface area contributed by atoms with Crippen LogP contribution in [0, 0.1) is 6.92 Å². The number of carboxylic acid groups (broad SMARTS) is 1. The molecule has 116 valence electrons. The molecular weight excluding hydrogens is 272 g/mol. The fourth-order valence-corrected chi connectivity index (χ4v) is 2.17. The van der Waals surface area contributed by atoms with Crippen LogP contribution in [0.3, 0.4) is 0 Å². The molecule has 2 N–H and O–H groups in total. The number of nitrogens with one attached hydrogen (secondary N) is 1. The fourth-order valence-electron chi connectivity index (χ4n) is 2.17. The zero-order valence-corrected chi connectivity index (χ0v) is 12.8. The Morgan fingerprint density at radius 2 is 2.10 bits per heavy atom. The summed E-state index contributed by atoms with van der Waals surface area (Å²) in [5, 5.41) is 11.6. The number of anilines is 1. The molecule has 0 aromatic heterocycles. The van der Waals surface area contributed by atoms with Gasteiger partial charge in [0.2, 0.25) is 0 Å². The van der Waals surface area contributed by atoms with Crippen molar-refractivity contribution in [3.05, 3.63) is 23.8 Å². The Hall–Kier alpha value is -2.24. The van der Waals surface area contributed by atoms with Crippen LogP contribution in [0.25, 0.3) is 0 Å². The fraction of sp³-hybridized carbons (Fsp3) is 0.467. The maximum Gasteiger partial charge on any atom is 0.322 e. The van der Waals surface area contributed by atoms with Gasteiger partial charge in [-0.25, -0.2) is 4.79 Å². The minimum Gasteiger partial charge on any atom is -0.496 e. The Kier molecular flexibility index (Phi) is 6.02. The molecule has 0 saturated heterocycles. The Balaban J connectivity index is 2.78. The number of amides is 2. The van der Waals surface area contributed by atoms with Crippen molar-refractivity contribution in [2.75, 3.05) is 19.0 Å². The van der Waals surface area contributed by atoms with Gasteiger partial charge < -0.3 is 20.1 Å². The lowest BCUT2D eigenvalue weighted by molar-refractivity contribution is -0.137. The molecule has 2 amide bonds. The summed E-state index contributed by atoms with van der Waals surface area (Å²) in [6.07, 6.45) is -0.0805. The van der Waals surface area contributed by atoms with Gasteiger partial charge in [0.05, 0.1) is 13.5 Å². The highest BCUT2D eigenvalue weighted by Gasteiger charge is 2.20. The third-order valence-corrected chi connectivity index (χ3v) is 3.25. The van der Waals surface area contributed by atoms with Crippen LogP contribution in [0.4, 0.5) is 10.5 Å². The summed E-state index contributed by atoms with van der Waals surface area (Å²) in [5.74, 6) is -0.173. The van der Waals surface area contributed by atoms with Gasteiger partial charge in [-0.3, -0.25) is 4.79 Å². The van der Waals surface area contributed by atoms with Crippen LogP contribution >= 0.6 is 0 Å². The number of aryl methyl sites for hydroxylation is 1. The summed E-state index contributed by atoms with van der Waals surface area (Å²) in [4.78, 5) is 24.5. The number of nitrogens with zero attached hydrogens (tertiary/aromatic N) is 1. The molecule has 1 rings (SSSR count). The third kappa shape index (κ3) is 4.66. The van der Waals surface area contributed by atoms with E-state index < -0.39 is 5.97 Å². The number of hydrogen-bond donors (Lipinski definition) is 2. The van der Waals surface area contributed by atoms with E-state index in [-0.39, 0.29) is 18.5 Å². The van der Waals surface area contributed by atoms with Crippen molar-refractivity contribution in [3.63, 3.8) is 0 Å². The van der Waals surface area contributed by atoms with E-state index in [1.54, 1.807) is 26.2 Å². The van der Waals surface area contributed by atoms with E-state index in [9.17, 15) is 9.59 Å². The third-order valence-electron chi connectivity index (χ3n) is 3.25. The molecule has 0 spiro atoms. The number of urea groups is 1. The topological polar surface area (TPSA) is 78.9 Å². The summed E-state index contributed by atoms with van der Waals surface area (Å²) in [7, 11) is 1.59. The Labute approximate surface area is 124 Å². The van der Waals surface area contributed by atoms with Crippen LogP contribution in [0.1, 0.15) is 25.8 Å². The second kappa shape index (κ2) is 7.52. The predicted molar refractivity (Wildman–Crippen MR) is 80.8 cm³/mol. The average Bonchev–Trinajstić information content (AvgIpc) is 2.38. The first-order valence-electron chi connectivity index (χ1n) is 6.83. The minimum atomic E-state index is -0.922. The molecule has 0 fully saturated rings. The average molecular weight is 294 g/mol. The SMILES string of the molecule is CCN(C(=O)Nc1ccc(OC)c(C)c1)C(C)CC(=O)O. The first kappa shape index (κ1) is 16.8. The first-order chi connectivity index (χ1) is 9.88. The van der Waals surface area contributed by atoms with Crippen LogP contribution in [0.15, 0.2) is 18.2 Å². The number of benzene rings is 1. The molecule has 0 heterocycles. The van der Waals surface area contributed by atoms with Gasteiger partial charge in [-0.05, 0) is 44.5 Å². The van der Waals surface area contributed by atoms with Gasteiger partial charge in [0.25, 0.3) is 0 Å². The number of methoxy groups -OCH3 is 1. The zero-order valence-electron chi connectivity index (χ0n) is 12.8. The number of hydrogen-bond acceptors (Lipinski definition) is 3. The van der Waals surface area contributed by atoms with E-state index in [4.69, 9.17) is 9.84 Å². The van der Waals surface area contributed by atoms with Gasteiger partial charge >= 0.3 is 12.0 Å². The number of carboxylic acids is 1. The molecule has 0 radical (unpaired) electrons. The van der Waals surface area contributed by atoms with Gasteiger partial charge in [-0.1, -0.05) is 0 Å². The van der Waals surface area contributed by atoms with Gasteiger partial charge in [0.15, 0.2) is 0 Å². The predicted octanol–water partition coefficient (Wildman–Crippen LogP) is 2.72. The number of aliphatic carboxylic acids is 1. The molecular formula is C15H22N2O4. The molecule has 0 aliphatic carbocycles. The van der Waals surface area contributed by atoms with Crippen molar-refractivity contribution >= 4 is 17.7 Å². The molecule has 0 bridgehead atoms. The number of rotatable bonds is 6. The van der Waals surface area contributed by atoms with Crippen LogP contribution in [-0.2, 0) is 4.79 Å². The number of ether oxygens (including phenoxy) is 1. The molecule has 1 aromatic carbocycles. The standard InChI is InChI=1S/C15H22N2O4/c1-5-17(11(3)9-14(18)19)15(20)16-12-6-7-13(21-4)10(2)8-12/h6-8,11H,5,9H2,1-4H3,(H,16,20)(H,18,19). The van der Waals surface area contributed by atoms with E-state index in [1.807, 2.05) is 19.9 Å². The van der Waals surface area contributed by atoms with E-state index in [0.29, 0.717) is 12.2 Å². The maximum absolute atomic E-state index is 12.2. The molecule has 21 heavy (non-hydrogen) atoms. The van der Waals surface area contributed by atoms with Crippen LogP contribution < -0.4 is 10.1 Å². The molecule has 1 unspecified atom stereocenters. The van der Waals surface area contributed by atoms with Crippen LogP contribution in [0.2, 0.25) is 0 Å². The number of carbonyl (C=O) groups excluding carboxylic acids is 1. The lowest BCUT2D eigenvalue weighted by Crippen LogP contribution is -2.42. The van der Waals surface area contributed by atoms with Gasteiger partial charge in [-0.15, -0.1) is 0 Å². The van der Waals surface area contributed by atoms with Crippen molar-refractivity contribution < 1.29 is 19.4 Å². The molecule has 6 nitrogen and oxygen atoms in total. The number of carbonyl (C=O) groups is 2. The summed E-state index contributed by atoms with van der Waals surface area (Å²) >= 11 is 0. The highest BCUT2D eigenvalue weighted by atomic mass is 16.5. The molecule has 1 atom stereocenters. The van der Waals surface area contributed by atoms with E-state index >= 15 is 0 Å². The van der Waals surface area contributed by atoms with Crippen LogP contribution in [-0.4, -0.2) is 41.7 Å². The Bertz CT molecular complexity index is 516. The van der Waals surface area contributed by atoms with Crippen molar-refractivity contribution in [3.8, 4) is 5.75 Å². The molecule has 0 aliphatic rings. The van der Waals surface area contributed by atoms with E-state index in [0.717, 1.165) is 11.3 Å². The summed E-state index contributed by atoms with van der Waals surface area (Å²) in [6, 6.07) is 4.66. The first-order valence-corrected chi connectivity index (χ1v) is 6.83. The Morgan fingerprint density at radius 1 is 1.43 bits per heavy atom. The monoisotopic (exact) mass is 294 g/mol. The molecule has 6 heteroatoms. The highest BCUT2D eigenvalue weighted by molar-refractivity contribution is 5.90.